The van der Waals surface area contributed by atoms with Gasteiger partial charge in [-0.25, -0.2) is 4.79 Å². The van der Waals surface area contributed by atoms with Crippen LogP contribution in [0.15, 0.2) is 12.7 Å². The second-order valence-electron chi connectivity index (χ2n) is 4.71. The van der Waals surface area contributed by atoms with E-state index in [0.29, 0.717) is 0 Å². The fourth-order valence-corrected chi connectivity index (χ4v) is 1.92. The number of hydrogen-bond donors (Lipinski definition) is 1. The molecule has 0 aromatic rings. The van der Waals surface area contributed by atoms with E-state index < -0.39 is 35.5 Å². The second-order valence-corrected chi connectivity index (χ2v) is 4.71. The van der Waals surface area contributed by atoms with Gasteiger partial charge < -0.3 is 20.3 Å². The van der Waals surface area contributed by atoms with Crippen LogP contribution in [0.2, 0.25) is 0 Å². The van der Waals surface area contributed by atoms with Crippen LogP contribution in [0.1, 0.15) is 13.8 Å². The summed E-state index contributed by atoms with van der Waals surface area (Å²) >= 11 is 0. The number of ether oxygens (including phenoxy) is 1. The number of likely N-dealkylation sites (tertiary alicyclic amines) is 1. The highest BCUT2D eigenvalue weighted by molar-refractivity contribution is 6.63. The zero-order valence-electron chi connectivity index (χ0n) is 11.9. The standard InChI is InChI=1S/C13H17N3O5/c1-4-5-21-13(20)10(15-14)11(18)7(2)16-6-9(8(3)17)12(16)19/h4,7-9,17H,1,5-6H2,2-3H3. The minimum Gasteiger partial charge on any atom is -0.453 e. The van der Waals surface area contributed by atoms with Crippen LogP contribution in [0.5, 0.6) is 0 Å². The lowest BCUT2D eigenvalue weighted by Crippen LogP contribution is -2.62. The van der Waals surface area contributed by atoms with Crippen molar-refractivity contribution in [3.8, 4) is 0 Å². The molecule has 1 aliphatic rings. The number of aliphatic hydroxyl groups excluding tert-OH is 1. The van der Waals surface area contributed by atoms with Gasteiger partial charge in [-0.3, -0.25) is 9.59 Å². The molecule has 8 heteroatoms. The Balaban J connectivity index is 2.74. The summed E-state index contributed by atoms with van der Waals surface area (Å²) in [5, 5.41) is 9.34. The van der Waals surface area contributed by atoms with Crippen LogP contribution >= 0.6 is 0 Å². The number of rotatable bonds is 7. The molecule has 0 aromatic heterocycles. The Hall–Kier alpha value is -2.31. The Morgan fingerprint density at radius 2 is 2.24 bits per heavy atom. The molecule has 0 spiro atoms. The molecule has 0 radical (unpaired) electrons. The smallest absolute Gasteiger partial charge is 0.443 e. The molecule has 1 aliphatic heterocycles. The van der Waals surface area contributed by atoms with Gasteiger partial charge in [0.25, 0.3) is 5.78 Å². The third-order valence-corrected chi connectivity index (χ3v) is 3.28. The van der Waals surface area contributed by atoms with E-state index in [-0.39, 0.29) is 19.1 Å². The van der Waals surface area contributed by atoms with Gasteiger partial charge in [0.15, 0.2) is 0 Å². The molecule has 1 rings (SSSR count). The predicted molar refractivity (Wildman–Crippen MR) is 71.1 cm³/mol. The molecule has 1 N–H and O–H groups in total. The molecular formula is C13H17N3O5. The first kappa shape index (κ1) is 16.7. The molecule has 0 aromatic carbocycles. The SMILES string of the molecule is C=CCOC(=O)C(=[N+]=[N-])C(=O)C(C)N1CC(C(C)O)C1=O. The van der Waals surface area contributed by atoms with Crippen molar-refractivity contribution in [3.63, 3.8) is 0 Å². The summed E-state index contributed by atoms with van der Waals surface area (Å²) < 4.78 is 4.62. The Bertz CT molecular complexity index is 522. The topological polar surface area (TPSA) is 120 Å². The highest BCUT2D eigenvalue weighted by Crippen LogP contribution is 2.24. The molecule has 0 saturated carbocycles. The van der Waals surface area contributed by atoms with E-state index in [2.05, 4.69) is 16.1 Å². The van der Waals surface area contributed by atoms with Gasteiger partial charge >= 0.3 is 11.7 Å². The first-order valence-corrected chi connectivity index (χ1v) is 6.38. The minimum atomic E-state index is -1.09. The molecule has 1 heterocycles. The molecule has 114 valence electrons. The van der Waals surface area contributed by atoms with Crippen LogP contribution < -0.4 is 0 Å². The van der Waals surface area contributed by atoms with Gasteiger partial charge in [0.2, 0.25) is 5.91 Å². The third-order valence-electron chi connectivity index (χ3n) is 3.28. The van der Waals surface area contributed by atoms with Gasteiger partial charge in [0, 0.05) is 6.54 Å². The summed E-state index contributed by atoms with van der Waals surface area (Å²) in [6.45, 7) is 6.30. The van der Waals surface area contributed by atoms with Gasteiger partial charge in [-0.05, 0) is 13.8 Å². The van der Waals surface area contributed by atoms with Crippen LogP contribution in [-0.2, 0) is 19.1 Å². The number of Topliss-reactive ketones (excluding diaryl/α,β-unsaturated/α-hetero) is 1. The molecule has 3 unspecified atom stereocenters. The van der Waals surface area contributed by atoms with E-state index >= 15 is 0 Å². The monoisotopic (exact) mass is 295 g/mol. The fraction of sp³-hybridized carbons (Fsp3) is 0.538. The third kappa shape index (κ3) is 3.42. The van der Waals surface area contributed by atoms with Crippen LogP contribution in [0.3, 0.4) is 0 Å². The number of amides is 1. The number of nitrogens with zero attached hydrogens (tertiary/aromatic N) is 3. The molecule has 8 nitrogen and oxygen atoms in total. The number of carbonyl (C=O) groups excluding carboxylic acids is 3. The van der Waals surface area contributed by atoms with Crippen LogP contribution in [-0.4, -0.2) is 63.5 Å². The minimum absolute atomic E-state index is 0.133. The quantitative estimate of drug-likeness (QED) is 0.125. The number of β-lactam (4-membered cyclic amide) rings is 1. The van der Waals surface area contributed by atoms with E-state index in [0.717, 1.165) is 0 Å². The molecule has 1 amide bonds. The predicted octanol–water partition coefficient (Wildman–Crippen LogP) is -0.817. The van der Waals surface area contributed by atoms with E-state index in [4.69, 9.17) is 5.53 Å². The van der Waals surface area contributed by atoms with Crippen molar-refractivity contribution in [1.82, 2.24) is 4.90 Å². The molecule has 21 heavy (non-hydrogen) atoms. The van der Waals surface area contributed by atoms with Crippen molar-refractivity contribution in [2.24, 2.45) is 5.92 Å². The van der Waals surface area contributed by atoms with E-state index in [9.17, 15) is 19.5 Å². The van der Waals surface area contributed by atoms with E-state index in [1.54, 1.807) is 0 Å². The number of esters is 1. The number of hydrogen-bond acceptors (Lipinski definition) is 5. The maximum atomic E-state index is 12.1. The highest BCUT2D eigenvalue weighted by Gasteiger charge is 2.47. The molecule has 0 bridgehead atoms. The molecule has 3 atom stereocenters. The van der Waals surface area contributed by atoms with Gasteiger partial charge in [-0.15, -0.1) is 0 Å². The second kappa shape index (κ2) is 6.92. The van der Waals surface area contributed by atoms with Crippen molar-refractivity contribution in [2.75, 3.05) is 13.2 Å². The van der Waals surface area contributed by atoms with Crippen molar-refractivity contribution >= 4 is 23.4 Å². The first-order chi connectivity index (χ1) is 9.84. The molecule has 1 fully saturated rings. The zero-order valence-corrected chi connectivity index (χ0v) is 11.9. The van der Waals surface area contributed by atoms with Crippen molar-refractivity contribution in [3.05, 3.63) is 18.2 Å². The van der Waals surface area contributed by atoms with Gasteiger partial charge in [0.05, 0.1) is 12.0 Å². The largest absolute Gasteiger partial charge is 0.453 e. The lowest BCUT2D eigenvalue weighted by Gasteiger charge is -2.42. The summed E-state index contributed by atoms with van der Waals surface area (Å²) in [4.78, 5) is 39.2. The van der Waals surface area contributed by atoms with Crippen molar-refractivity contribution < 1.29 is 29.0 Å². The fourth-order valence-electron chi connectivity index (χ4n) is 1.92. The zero-order chi connectivity index (χ0) is 16.2. The van der Waals surface area contributed by atoms with Gasteiger partial charge in [-0.2, -0.15) is 4.79 Å². The average molecular weight is 295 g/mol. The lowest BCUT2D eigenvalue weighted by molar-refractivity contribution is -0.160. The first-order valence-electron chi connectivity index (χ1n) is 6.38. The van der Waals surface area contributed by atoms with Gasteiger partial charge in [-0.1, -0.05) is 12.7 Å². The molecule has 1 saturated heterocycles. The maximum absolute atomic E-state index is 12.1. The summed E-state index contributed by atoms with van der Waals surface area (Å²) in [5.41, 5.74) is 8.01. The van der Waals surface area contributed by atoms with Gasteiger partial charge in [0.1, 0.15) is 12.6 Å². The Morgan fingerprint density at radius 3 is 2.67 bits per heavy atom. The Labute approximate surface area is 121 Å². The maximum Gasteiger partial charge on any atom is 0.443 e. The van der Waals surface area contributed by atoms with E-state index in [1.807, 2.05) is 0 Å². The molecule has 0 aliphatic carbocycles. The number of aliphatic hydroxyl groups is 1. The van der Waals surface area contributed by atoms with Crippen molar-refractivity contribution in [2.45, 2.75) is 26.0 Å². The summed E-state index contributed by atoms with van der Waals surface area (Å²) in [7, 11) is 0. The van der Waals surface area contributed by atoms with E-state index in [1.165, 1.54) is 24.8 Å². The number of carbonyl (C=O) groups is 3. The van der Waals surface area contributed by atoms with Crippen LogP contribution in [0.25, 0.3) is 5.53 Å². The Kier molecular flexibility index (Phi) is 5.52. The van der Waals surface area contributed by atoms with Crippen LogP contribution in [0.4, 0.5) is 0 Å². The lowest BCUT2D eigenvalue weighted by atomic mass is 9.90. The molecular weight excluding hydrogens is 278 g/mol. The summed E-state index contributed by atoms with van der Waals surface area (Å²) in [6.07, 6.45) is 0.493. The summed E-state index contributed by atoms with van der Waals surface area (Å²) in [5.74, 6) is -2.86. The summed E-state index contributed by atoms with van der Waals surface area (Å²) in [6, 6.07) is -0.977. The normalized spacial score (nSPS) is 19.9. The number of ketones is 1. The Morgan fingerprint density at radius 1 is 1.62 bits per heavy atom. The van der Waals surface area contributed by atoms with Crippen molar-refractivity contribution in [1.29, 1.82) is 0 Å². The van der Waals surface area contributed by atoms with Crippen LogP contribution in [0, 0.1) is 5.92 Å². The average Bonchev–Trinajstić information content (AvgIpc) is 2.43. The highest BCUT2D eigenvalue weighted by atomic mass is 16.5.